The molecule has 0 spiro atoms. The van der Waals surface area contributed by atoms with E-state index in [2.05, 4.69) is 6.58 Å². The van der Waals surface area contributed by atoms with Gasteiger partial charge < -0.3 is 0 Å². The van der Waals surface area contributed by atoms with Gasteiger partial charge in [0.15, 0.2) is 0 Å². The Balaban J connectivity index is 2.30. The molecule has 0 aliphatic carbocycles. The molecule has 0 bridgehead atoms. The molecule has 0 nitrogen and oxygen atoms in total. The summed E-state index contributed by atoms with van der Waals surface area (Å²) in [5.41, 5.74) is 0. The van der Waals surface area contributed by atoms with E-state index in [1.54, 1.807) is 0 Å². The lowest BCUT2D eigenvalue weighted by Crippen LogP contribution is -1.12. The summed E-state index contributed by atoms with van der Waals surface area (Å²) in [6, 6.07) is 0. The third-order valence-electron chi connectivity index (χ3n) is 0.0630. The van der Waals surface area contributed by atoms with Crippen LogP contribution in [0.3, 0.4) is 0 Å². The second-order valence-electron chi connectivity index (χ2n) is 0.256. The van der Waals surface area contributed by atoms with Gasteiger partial charge in [-0.1, -0.05) is 6.58 Å². The largest absolute Gasteiger partial charge is 0.160 e. The van der Waals surface area contributed by atoms with E-state index in [0.717, 1.165) is 5.41 Å². The Kier molecular flexibility index (Phi) is 3.04. The first-order valence-corrected chi connectivity index (χ1v) is 1.58. The Hall–Kier alpha value is 0.0200. The maximum atomic E-state index is 10.5. The van der Waals surface area contributed by atoms with Crippen LogP contribution in [0.4, 0.5) is 3.89 Å². The van der Waals surface area contributed by atoms with Crippen molar-refractivity contribution < 1.29 is 3.89 Å². The third-order valence-corrected chi connectivity index (χ3v) is 0.189. The van der Waals surface area contributed by atoms with Crippen molar-refractivity contribution in [3.63, 3.8) is 0 Å². The smallest absolute Gasteiger partial charge is 0.0726 e. The summed E-state index contributed by atoms with van der Waals surface area (Å²) < 4.78 is 10.5. The van der Waals surface area contributed by atoms with Crippen molar-refractivity contribution in [2.24, 2.45) is 0 Å². The molecule has 24 valence electrons. The molecule has 2 heteroatoms. The summed E-state index contributed by atoms with van der Waals surface area (Å²) in [5, 5.41) is 1.12. The van der Waals surface area contributed by atoms with Crippen LogP contribution >= 0.6 is 12.1 Å². The molecule has 0 rings (SSSR count). The van der Waals surface area contributed by atoms with Gasteiger partial charge in [-0.25, -0.2) is 0 Å². The van der Waals surface area contributed by atoms with Crippen molar-refractivity contribution in [1.29, 1.82) is 0 Å². The van der Waals surface area contributed by atoms with E-state index >= 15 is 0 Å². The highest BCUT2D eigenvalue weighted by atomic mass is 32.2. The van der Waals surface area contributed by atoms with E-state index in [1.165, 1.54) is 0 Å². The second kappa shape index (κ2) is 3.02. The molecule has 0 atom stereocenters. The Morgan fingerprint density at radius 3 is 2.25 bits per heavy atom. The van der Waals surface area contributed by atoms with Gasteiger partial charge in [-0.3, -0.25) is 0 Å². The molecule has 0 aromatic carbocycles. The van der Waals surface area contributed by atoms with Crippen molar-refractivity contribution in [3.8, 4) is 0 Å². The van der Waals surface area contributed by atoms with Crippen LogP contribution in [0.2, 0.25) is 0 Å². The number of hydrogen-bond acceptors (Lipinski definition) is 1. The summed E-state index contributed by atoms with van der Waals surface area (Å²) in [7, 11) is 0. The second-order valence-corrected chi connectivity index (χ2v) is 0.767. The maximum Gasteiger partial charge on any atom is 0.0726 e. The van der Waals surface area contributed by atoms with Crippen molar-refractivity contribution >= 4 is 12.1 Å². The normalized spacial score (nSPS) is 6.25. The Morgan fingerprint density at radius 1 is 2.00 bits per heavy atom. The maximum absolute atomic E-state index is 10.5. The zero-order chi connectivity index (χ0) is 3.41. The van der Waals surface area contributed by atoms with Crippen LogP contribution < -0.4 is 0 Å². The van der Waals surface area contributed by atoms with Crippen LogP contribution in [0.15, 0.2) is 12.0 Å². The molecule has 0 amide bonds. The molecule has 0 aromatic rings. The molecule has 0 saturated heterocycles. The summed E-state index contributed by atoms with van der Waals surface area (Å²) in [4.78, 5) is 0. The van der Waals surface area contributed by atoms with E-state index in [0.29, 0.717) is 0 Å². The highest BCUT2D eigenvalue weighted by Crippen LogP contribution is 1.96. The number of hydrogen-bond donors (Lipinski definition) is 0. The molecule has 0 radical (unpaired) electrons. The molecule has 0 saturated carbocycles. The van der Waals surface area contributed by atoms with Crippen LogP contribution in [0.5, 0.6) is 0 Å². The van der Waals surface area contributed by atoms with Crippen LogP contribution in [0.1, 0.15) is 0 Å². The molecule has 0 aromatic heterocycles. The van der Waals surface area contributed by atoms with E-state index in [9.17, 15) is 3.89 Å². The van der Waals surface area contributed by atoms with Crippen molar-refractivity contribution in [3.05, 3.63) is 12.0 Å². The highest BCUT2D eigenvalue weighted by molar-refractivity contribution is 7.97. The summed E-state index contributed by atoms with van der Waals surface area (Å²) >= 11 is 0.120. The molecular formula is C2H3FS. The molecule has 0 aliphatic heterocycles. The topological polar surface area (TPSA) is 0 Å². The van der Waals surface area contributed by atoms with Gasteiger partial charge in [0.25, 0.3) is 0 Å². The molecule has 0 aliphatic rings. The monoisotopic (exact) mass is 78.0 g/mol. The van der Waals surface area contributed by atoms with Gasteiger partial charge in [0.2, 0.25) is 0 Å². The fourth-order valence-electron chi connectivity index (χ4n) is 0. The average molecular weight is 78.1 g/mol. The number of halogens is 1. The minimum Gasteiger partial charge on any atom is -0.160 e. The lowest BCUT2D eigenvalue weighted by atomic mass is 11.3. The lowest BCUT2D eigenvalue weighted by molar-refractivity contribution is 0.947. The van der Waals surface area contributed by atoms with Crippen LogP contribution in [-0.2, 0) is 0 Å². The standard InChI is InChI=1S/C2H3FS/c1-2-4-3/h2H,1H2. The quantitative estimate of drug-likeness (QED) is 0.460. The van der Waals surface area contributed by atoms with E-state index in [4.69, 9.17) is 0 Å². The minimum absolute atomic E-state index is 0.120. The van der Waals surface area contributed by atoms with Gasteiger partial charge in [0.1, 0.15) is 0 Å². The minimum atomic E-state index is 0.120. The predicted octanol–water partition coefficient (Wildman–Crippen LogP) is 1.75. The van der Waals surface area contributed by atoms with E-state index in [1.807, 2.05) is 0 Å². The molecule has 0 unspecified atom stereocenters. The fourth-order valence-corrected chi connectivity index (χ4v) is 0. The van der Waals surface area contributed by atoms with E-state index < -0.39 is 0 Å². The summed E-state index contributed by atoms with van der Waals surface area (Å²) in [5.74, 6) is 0. The molecule has 0 N–H and O–H groups in total. The zero-order valence-corrected chi connectivity index (χ0v) is 2.89. The SMILES string of the molecule is C=CSF. The predicted molar refractivity (Wildman–Crippen MR) is 18.9 cm³/mol. The van der Waals surface area contributed by atoms with E-state index in [-0.39, 0.29) is 12.1 Å². The molecule has 0 fully saturated rings. The Labute approximate surface area is 29.0 Å². The molecule has 4 heavy (non-hydrogen) atoms. The van der Waals surface area contributed by atoms with Gasteiger partial charge >= 0.3 is 0 Å². The van der Waals surface area contributed by atoms with Crippen LogP contribution in [-0.4, -0.2) is 0 Å². The first kappa shape index (κ1) is 4.02. The van der Waals surface area contributed by atoms with Crippen molar-refractivity contribution in [1.82, 2.24) is 0 Å². The van der Waals surface area contributed by atoms with Gasteiger partial charge in [-0.2, -0.15) is 3.89 Å². The van der Waals surface area contributed by atoms with Gasteiger partial charge in [-0.15, -0.1) is 0 Å². The van der Waals surface area contributed by atoms with Crippen LogP contribution in [0, 0.1) is 0 Å². The lowest BCUT2D eigenvalue weighted by Gasteiger charge is -1.52. The number of rotatable bonds is 1. The fraction of sp³-hybridized carbons (Fsp3) is 0. The Bertz CT molecular complexity index is 20.0. The molecule has 0 heterocycles. The third kappa shape index (κ3) is 2.02. The van der Waals surface area contributed by atoms with Crippen molar-refractivity contribution in [2.75, 3.05) is 0 Å². The van der Waals surface area contributed by atoms with Gasteiger partial charge in [0.05, 0.1) is 12.1 Å². The Morgan fingerprint density at radius 2 is 2.25 bits per heavy atom. The zero-order valence-electron chi connectivity index (χ0n) is 2.07. The average Bonchev–Trinajstić information content (AvgIpc) is 1.37. The summed E-state index contributed by atoms with van der Waals surface area (Å²) in [6.07, 6.45) is 0. The van der Waals surface area contributed by atoms with Crippen LogP contribution in [0.25, 0.3) is 0 Å². The first-order chi connectivity index (χ1) is 1.91. The first-order valence-electron chi connectivity index (χ1n) is 0.798. The van der Waals surface area contributed by atoms with Crippen molar-refractivity contribution in [2.45, 2.75) is 0 Å². The van der Waals surface area contributed by atoms with Gasteiger partial charge in [-0.05, 0) is 5.41 Å². The highest BCUT2D eigenvalue weighted by Gasteiger charge is 1.51. The molecular weight excluding hydrogens is 75.1 g/mol. The van der Waals surface area contributed by atoms with Gasteiger partial charge in [0, 0.05) is 0 Å². The summed E-state index contributed by atoms with van der Waals surface area (Å²) in [6.45, 7) is 3.07.